The molecule has 0 amide bonds. The molecule has 2 aromatic heterocycles. The van der Waals surface area contributed by atoms with E-state index in [0.29, 0.717) is 0 Å². The van der Waals surface area contributed by atoms with E-state index in [1.165, 1.54) is 0 Å². The number of nitrogens with two attached hydrogens (primary N) is 1. The first kappa shape index (κ1) is 24.3. The lowest BCUT2D eigenvalue weighted by molar-refractivity contribution is -0.0697. The van der Waals surface area contributed by atoms with Gasteiger partial charge in [0, 0.05) is 0 Å². The molecule has 18 nitrogen and oxygen atoms in total. The summed E-state index contributed by atoms with van der Waals surface area (Å²) < 4.78 is 48.3. The van der Waals surface area contributed by atoms with E-state index in [9.17, 15) is 38.6 Å². The minimum atomic E-state index is -5.59. The van der Waals surface area contributed by atoms with Gasteiger partial charge in [-0.15, -0.1) is 0 Å². The summed E-state index contributed by atoms with van der Waals surface area (Å²) in [5, 5.41) is 17.8. The summed E-state index contributed by atoms with van der Waals surface area (Å²) in [6.07, 6.45) is -4.45. The lowest BCUT2D eigenvalue weighted by Crippen LogP contribution is -2.46. The van der Waals surface area contributed by atoms with Crippen LogP contribution < -0.4 is 5.73 Å². The molecule has 0 aliphatic carbocycles. The molecule has 0 bridgehead atoms. The summed E-state index contributed by atoms with van der Waals surface area (Å²) in [6.45, 7) is -1.18. The zero-order valence-electron chi connectivity index (χ0n) is 14.9. The van der Waals surface area contributed by atoms with Gasteiger partial charge < -0.3 is 45.2 Å². The number of anilines is 1. The van der Waals surface area contributed by atoms with E-state index >= 15 is 0 Å². The molecule has 3 rings (SSSR count). The maximum atomic E-state index is 12.0. The zero-order chi connectivity index (χ0) is 23.4. The molecule has 1 fully saturated rings. The number of aromatic nitrogens is 4. The average molecular weight is 507 g/mol. The number of nitrogen functional groups attached to an aromatic ring is 1. The van der Waals surface area contributed by atoms with E-state index in [2.05, 4.69) is 23.8 Å². The van der Waals surface area contributed by atoms with E-state index in [0.717, 1.165) is 17.2 Å². The normalized spacial score (nSPS) is 29.3. The molecule has 1 saturated heterocycles. The number of nitrogens with zero attached hydrogens (tertiary/aromatic N) is 4. The fourth-order valence-electron chi connectivity index (χ4n) is 2.84. The van der Waals surface area contributed by atoms with Crippen LogP contribution in [0.1, 0.15) is 6.23 Å². The molecule has 0 saturated carbocycles. The number of aliphatic hydroxyl groups excluding tert-OH is 1. The first-order valence-corrected chi connectivity index (χ1v) is 12.5. The second-order valence-corrected chi connectivity index (χ2v) is 10.9. The number of hydrogen-bond acceptors (Lipinski definition) is 12. The first-order chi connectivity index (χ1) is 14.1. The van der Waals surface area contributed by atoms with Crippen LogP contribution in [0.5, 0.6) is 0 Å². The molecule has 1 aliphatic rings. The fraction of sp³-hybridized carbons (Fsp3) is 0.500. The molecule has 21 heteroatoms. The van der Waals surface area contributed by atoms with E-state index in [4.69, 9.17) is 20.3 Å². The van der Waals surface area contributed by atoms with Gasteiger partial charge in [0.2, 0.25) is 5.34 Å². The Morgan fingerprint density at radius 2 is 1.81 bits per heavy atom. The number of phosphoric ester groups is 1. The van der Waals surface area contributed by atoms with Crippen LogP contribution in [0.3, 0.4) is 0 Å². The Labute approximate surface area is 171 Å². The topological polar surface area (TPSA) is 290 Å². The van der Waals surface area contributed by atoms with Crippen molar-refractivity contribution in [1.82, 2.24) is 19.5 Å². The molecule has 174 valence electrons. The molecule has 2 aromatic rings. The maximum Gasteiger partial charge on any atom is 0.481 e. The van der Waals surface area contributed by atoms with Gasteiger partial charge in [-0.3, -0.25) is 13.7 Å². The summed E-state index contributed by atoms with van der Waals surface area (Å²) in [7, 11) is -16.4. The highest BCUT2D eigenvalue weighted by Gasteiger charge is 2.66. The van der Waals surface area contributed by atoms with Crippen molar-refractivity contribution >= 4 is 40.2 Å². The fourth-order valence-corrected chi connectivity index (χ4v) is 5.43. The third-order valence-electron chi connectivity index (χ3n) is 4.17. The van der Waals surface area contributed by atoms with Crippen molar-refractivity contribution < 1.29 is 61.9 Å². The van der Waals surface area contributed by atoms with Crippen LogP contribution in [0.2, 0.25) is 0 Å². The van der Waals surface area contributed by atoms with Crippen molar-refractivity contribution in [3.63, 3.8) is 0 Å². The lowest BCUT2D eigenvalue weighted by Gasteiger charge is -2.31. The molecular weight excluding hydrogens is 491 g/mol. The molecule has 3 heterocycles. The third-order valence-corrected chi connectivity index (χ3v) is 7.74. The second-order valence-electron chi connectivity index (χ2n) is 6.22. The van der Waals surface area contributed by atoms with Gasteiger partial charge >= 0.3 is 23.2 Å². The Morgan fingerprint density at radius 3 is 2.39 bits per heavy atom. The summed E-state index contributed by atoms with van der Waals surface area (Å²) >= 11 is 0. The van der Waals surface area contributed by atoms with E-state index in [1.54, 1.807) is 0 Å². The van der Waals surface area contributed by atoms with Crippen molar-refractivity contribution in [2.45, 2.75) is 23.8 Å². The van der Waals surface area contributed by atoms with Crippen LogP contribution >= 0.6 is 23.2 Å². The summed E-state index contributed by atoms with van der Waals surface area (Å²) in [4.78, 5) is 57.3. The maximum absolute atomic E-state index is 12.0. The zero-order valence-corrected chi connectivity index (χ0v) is 17.6. The number of rotatable bonds is 7. The number of phosphoric acid groups is 2. The Bertz CT molecular complexity index is 1130. The van der Waals surface area contributed by atoms with Crippen molar-refractivity contribution in [2.75, 3.05) is 12.3 Å². The highest BCUT2D eigenvalue weighted by Crippen LogP contribution is 2.62. The van der Waals surface area contributed by atoms with Crippen molar-refractivity contribution in [3.05, 3.63) is 12.7 Å². The van der Waals surface area contributed by atoms with Crippen molar-refractivity contribution in [3.8, 4) is 0 Å². The molecule has 5 atom stereocenters. The third kappa shape index (κ3) is 4.58. The molecule has 9 N–H and O–H groups in total. The van der Waals surface area contributed by atoms with Gasteiger partial charge in [-0.2, -0.15) is 4.31 Å². The number of imidazole rings is 1. The largest absolute Gasteiger partial charge is 0.481 e. The van der Waals surface area contributed by atoms with Gasteiger partial charge in [0.05, 0.1) is 12.9 Å². The lowest BCUT2D eigenvalue weighted by atomic mass is 10.1. The predicted octanol–water partition coefficient (Wildman–Crippen LogP) is -2.24. The van der Waals surface area contributed by atoms with Gasteiger partial charge in [0.15, 0.2) is 17.7 Å². The second kappa shape index (κ2) is 7.90. The minimum Gasteiger partial charge on any atom is -0.386 e. The molecule has 31 heavy (non-hydrogen) atoms. The monoisotopic (exact) mass is 507 g/mol. The summed E-state index contributed by atoms with van der Waals surface area (Å²) in [5.41, 5.74) is 5.46. The smallest absolute Gasteiger partial charge is 0.386 e. The van der Waals surface area contributed by atoms with Crippen molar-refractivity contribution in [2.24, 2.45) is 0 Å². The predicted molar refractivity (Wildman–Crippen MR) is 95.6 cm³/mol. The molecule has 1 aliphatic heterocycles. The standard InChI is InChI=1S/C10H16N5O13P3/c11-7-5-8(13-2-12-7)15(3-14-5)9-10(17,29(18,19)20)6(16)4(27-9)1-26-31(24,25)28-30(21,22)23/h2-4,6,9,16-17H,1H2,(H,24,25)(H2,11,12,13)(H2,18,19,20)(H2,21,22,23)/t4-,6-,9-,10+/m1/s1. The summed E-state index contributed by atoms with van der Waals surface area (Å²) in [5.74, 6) is -0.113. The van der Waals surface area contributed by atoms with Crippen molar-refractivity contribution in [1.29, 1.82) is 0 Å². The van der Waals surface area contributed by atoms with E-state index in [1.807, 2.05) is 0 Å². The minimum absolute atomic E-state index is 0.0248. The number of aliphatic hydroxyl groups is 2. The van der Waals surface area contributed by atoms with Gasteiger partial charge in [-0.05, 0) is 0 Å². The average Bonchev–Trinajstić information content (AvgIpc) is 3.13. The SMILES string of the molecule is Nc1ncnc2c1ncn2[C@@H]1O[C@H](COP(=O)(O)OP(=O)(O)O)[C@@H](O)[C@]1(O)P(=O)(O)O. The first-order valence-electron chi connectivity index (χ1n) is 7.85. The van der Waals surface area contributed by atoms with Crippen LogP contribution in [0.4, 0.5) is 5.82 Å². The molecular formula is C10H16N5O13P3. The molecule has 0 aromatic carbocycles. The Hall–Kier alpha value is -1.36. The van der Waals surface area contributed by atoms with Crippen LogP contribution in [0.25, 0.3) is 11.2 Å². The molecule has 1 unspecified atom stereocenters. The number of hydrogen-bond donors (Lipinski definition) is 8. The Balaban J connectivity index is 1.96. The molecule has 0 radical (unpaired) electrons. The number of fused-ring (bicyclic) bond motifs is 1. The van der Waals surface area contributed by atoms with Crippen LogP contribution in [0.15, 0.2) is 12.7 Å². The quantitative estimate of drug-likeness (QED) is 0.184. The van der Waals surface area contributed by atoms with Crippen LogP contribution in [-0.4, -0.2) is 78.4 Å². The highest BCUT2D eigenvalue weighted by molar-refractivity contribution is 7.60. The van der Waals surface area contributed by atoms with E-state index in [-0.39, 0.29) is 17.0 Å². The highest BCUT2D eigenvalue weighted by atomic mass is 31.3. The number of ether oxygens (including phenoxy) is 1. The Morgan fingerprint density at radius 1 is 1.16 bits per heavy atom. The van der Waals surface area contributed by atoms with Crippen LogP contribution in [-0.2, 0) is 27.3 Å². The Kier molecular flexibility index (Phi) is 6.19. The summed E-state index contributed by atoms with van der Waals surface area (Å²) in [6, 6.07) is 0. The van der Waals surface area contributed by atoms with Gasteiger partial charge in [-0.1, -0.05) is 0 Å². The van der Waals surface area contributed by atoms with Gasteiger partial charge in [0.25, 0.3) is 0 Å². The van der Waals surface area contributed by atoms with Crippen LogP contribution in [0, 0.1) is 0 Å². The van der Waals surface area contributed by atoms with Gasteiger partial charge in [-0.25, -0.2) is 24.1 Å². The van der Waals surface area contributed by atoms with Gasteiger partial charge in [0.1, 0.15) is 24.1 Å². The van der Waals surface area contributed by atoms with E-state index < -0.39 is 53.6 Å². The molecule has 0 spiro atoms.